The van der Waals surface area contributed by atoms with E-state index < -0.39 is 0 Å². The van der Waals surface area contributed by atoms with Gasteiger partial charge in [-0.25, -0.2) is 0 Å². The highest BCUT2D eigenvalue weighted by molar-refractivity contribution is 9.10. The lowest BCUT2D eigenvalue weighted by Gasteiger charge is -2.08. The van der Waals surface area contributed by atoms with Crippen molar-refractivity contribution < 1.29 is 4.79 Å². The first kappa shape index (κ1) is 14.9. The molecular formula is C15H18BrN3O. The van der Waals surface area contributed by atoms with E-state index in [1.54, 1.807) is 0 Å². The number of nitrogens with zero attached hydrogens (tertiary/aromatic N) is 3. The van der Waals surface area contributed by atoms with E-state index in [-0.39, 0.29) is 0 Å². The molecule has 0 spiro atoms. The van der Waals surface area contributed by atoms with E-state index in [1.165, 1.54) is 0 Å². The Labute approximate surface area is 127 Å². The van der Waals surface area contributed by atoms with E-state index in [1.807, 2.05) is 49.2 Å². The molecule has 106 valence electrons. The molecule has 1 aromatic heterocycles. The van der Waals surface area contributed by atoms with Crippen molar-refractivity contribution in [3.63, 3.8) is 0 Å². The van der Waals surface area contributed by atoms with Gasteiger partial charge in [0.05, 0.1) is 5.56 Å². The summed E-state index contributed by atoms with van der Waals surface area (Å²) in [6.45, 7) is 1.82. The maximum absolute atomic E-state index is 11.2. The van der Waals surface area contributed by atoms with Crippen LogP contribution in [-0.4, -0.2) is 41.6 Å². The minimum absolute atomic E-state index is 0.636. The van der Waals surface area contributed by atoms with Gasteiger partial charge in [-0.05, 0) is 39.2 Å². The van der Waals surface area contributed by atoms with Crippen LogP contribution in [0.25, 0.3) is 11.3 Å². The maximum Gasteiger partial charge on any atom is 0.153 e. The molecule has 0 aliphatic rings. The van der Waals surface area contributed by atoms with E-state index in [0.29, 0.717) is 5.56 Å². The lowest BCUT2D eigenvalue weighted by Crippen LogP contribution is -2.15. The molecule has 0 saturated heterocycles. The van der Waals surface area contributed by atoms with Crippen LogP contribution in [0.4, 0.5) is 0 Å². The Balaban J connectivity index is 2.18. The van der Waals surface area contributed by atoms with E-state index in [4.69, 9.17) is 0 Å². The summed E-state index contributed by atoms with van der Waals surface area (Å²) in [5, 5.41) is 4.53. The lowest BCUT2D eigenvalue weighted by molar-refractivity contribution is 0.112. The highest BCUT2D eigenvalue weighted by Gasteiger charge is 2.10. The smallest absolute Gasteiger partial charge is 0.153 e. The van der Waals surface area contributed by atoms with Gasteiger partial charge in [-0.3, -0.25) is 9.48 Å². The summed E-state index contributed by atoms with van der Waals surface area (Å²) in [4.78, 5) is 13.3. The summed E-state index contributed by atoms with van der Waals surface area (Å²) < 4.78 is 2.87. The molecule has 1 heterocycles. The Morgan fingerprint density at radius 1 is 1.30 bits per heavy atom. The molecule has 0 unspecified atom stereocenters. The van der Waals surface area contributed by atoms with Gasteiger partial charge in [-0.1, -0.05) is 28.1 Å². The Bertz CT molecular complexity index is 575. The van der Waals surface area contributed by atoms with Crippen molar-refractivity contribution in [1.82, 2.24) is 14.7 Å². The predicted octanol–water partition coefficient (Wildman–Crippen LogP) is 3.08. The van der Waals surface area contributed by atoms with Gasteiger partial charge in [0, 0.05) is 22.8 Å². The number of halogens is 1. The highest BCUT2D eigenvalue weighted by atomic mass is 79.9. The molecule has 20 heavy (non-hydrogen) atoms. The topological polar surface area (TPSA) is 38.1 Å². The van der Waals surface area contributed by atoms with Crippen molar-refractivity contribution in [2.24, 2.45) is 0 Å². The third-order valence-corrected chi connectivity index (χ3v) is 3.56. The standard InChI is InChI=1S/C15H18BrN3O/c1-18(2)8-3-9-19-10-13(11-20)15(17-19)12-4-6-14(16)7-5-12/h4-7,10-11H,3,8-9H2,1-2H3. The van der Waals surface area contributed by atoms with Crippen LogP contribution in [0.5, 0.6) is 0 Å². The Morgan fingerprint density at radius 2 is 2.00 bits per heavy atom. The fourth-order valence-electron chi connectivity index (χ4n) is 2.02. The molecule has 0 bridgehead atoms. The van der Waals surface area contributed by atoms with E-state index in [0.717, 1.165) is 41.5 Å². The number of aryl methyl sites for hydroxylation is 1. The third kappa shape index (κ3) is 3.77. The Morgan fingerprint density at radius 3 is 2.60 bits per heavy atom. The Kier molecular flexibility index (Phi) is 5.09. The van der Waals surface area contributed by atoms with E-state index >= 15 is 0 Å². The third-order valence-electron chi connectivity index (χ3n) is 3.03. The van der Waals surface area contributed by atoms with Gasteiger partial charge < -0.3 is 4.90 Å². The average molecular weight is 336 g/mol. The van der Waals surface area contributed by atoms with Gasteiger partial charge in [-0.15, -0.1) is 0 Å². The van der Waals surface area contributed by atoms with Crippen molar-refractivity contribution in [2.75, 3.05) is 20.6 Å². The summed E-state index contributed by atoms with van der Waals surface area (Å²) in [5.74, 6) is 0. The second-order valence-electron chi connectivity index (χ2n) is 4.98. The molecule has 0 aliphatic heterocycles. The van der Waals surface area contributed by atoms with Gasteiger partial charge in [-0.2, -0.15) is 5.10 Å². The molecule has 5 heteroatoms. The zero-order valence-corrected chi connectivity index (χ0v) is 13.3. The van der Waals surface area contributed by atoms with E-state index in [9.17, 15) is 4.79 Å². The number of aromatic nitrogens is 2. The normalized spacial score (nSPS) is 11.0. The van der Waals surface area contributed by atoms with Gasteiger partial charge in [0.25, 0.3) is 0 Å². The molecule has 0 fully saturated rings. The van der Waals surface area contributed by atoms with Crippen molar-refractivity contribution in [3.05, 3.63) is 40.5 Å². The summed E-state index contributed by atoms with van der Waals surface area (Å²) in [5.41, 5.74) is 2.34. The Hall–Kier alpha value is -1.46. The lowest BCUT2D eigenvalue weighted by atomic mass is 10.1. The fraction of sp³-hybridized carbons (Fsp3) is 0.333. The molecular weight excluding hydrogens is 318 g/mol. The number of benzene rings is 1. The minimum Gasteiger partial charge on any atom is -0.309 e. The van der Waals surface area contributed by atoms with Crippen LogP contribution in [-0.2, 0) is 6.54 Å². The average Bonchev–Trinajstić information content (AvgIpc) is 2.82. The molecule has 0 atom stereocenters. The molecule has 0 N–H and O–H groups in total. The van der Waals surface area contributed by atoms with Gasteiger partial charge in [0.1, 0.15) is 5.69 Å². The first-order valence-electron chi connectivity index (χ1n) is 6.53. The molecule has 0 saturated carbocycles. The first-order valence-corrected chi connectivity index (χ1v) is 7.33. The van der Waals surface area contributed by atoms with Crippen LogP contribution in [0, 0.1) is 0 Å². The second-order valence-corrected chi connectivity index (χ2v) is 5.89. The molecule has 1 aromatic carbocycles. The molecule has 0 radical (unpaired) electrons. The van der Waals surface area contributed by atoms with Crippen LogP contribution in [0.1, 0.15) is 16.8 Å². The van der Waals surface area contributed by atoms with Gasteiger partial charge in [0.2, 0.25) is 0 Å². The number of aldehydes is 1. The minimum atomic E-state index is 0.636. The first-order chi connectivity index (χ1) is 9.60. The summed E-state index contributed by atoms with van der Waals surface area (Å²) in [7, 11) is 4.10. The molecule has 2 rings (SSSR count). The summed E-state index contributed by atoms with van der Waals surface area (Å²) in [6, 6.07) is 7.83. The summed E-state index contributed by atoms with van der Waals surface area (Å²) in [6.07, 6.45) is 3.69. The van der Waals surface area contributed by atoms with Gasteiger partial charge >= 0.3 is 0 Å². The summed E-state index contributed by atoms with van der Waals surface area (Å²) >= 11 is 3.41. The predicted molar refractivity (Wildman–Crippen MR) is 83.9 cm³/mol. The highest BCUT2D eigenvalue weighted by Crippen LogP contribution is 2.23. The molecule has 0 amide bonds. The molecule has 4 nitrogen and oxygen atoms in total. The van der Waals surface area contributed by atoms with Crippen LogP contribution < -0.4 is 0 Å². The molecule has 0 aliphatic carbocycles. The zero-order valence-electron chi connectivity index (χ0n) is 11.7. The number of carbonyl (C=O) groups is 1. The number of hydrogen-bond donors (Lipinski definition) is 0. The molecule has 2 aromatic rings. The van der Waals surface area contributed by atoms with Crippen LogP contribution in [0.3, 0.4) is 0 Å². The SMILES string of the molecule is CN(C)CCCn1cc(C=O)c(-c2ccc(Br)cc2)n1. The largest absolute Gasteiger partial charge is 0.309 e. The van der Waals surface area contributed by atoms with Crippen molar-refractivity contribution in [1.29, 1.82) is 0 Å². The van der Waals surface area contributed by atoms with Crippen LogP contribution >= 0.6 is 15.9 Å². The van der Waals surface area contributed by atoms with Crippen LogP contribution in [0.15, 0.2) is 34.9 Å². The fourth-order valence-corrected chi connectivity index (χ4v) is 2.28. The van der Waals surface area contributed by atoms with Crippen molar-refractivity contribution in [3.8, 4) is 11.3 Å². The van der Waals surface area contributed by atoms with Crippen LogP contribution in [0.2, 0.25) is 0 Å². The number of carbonyl (C=O) groups excluding carboxylic acids is 1. The van der Waals surface area contributed by atoms with E-state index in [2.05, 4.69) is 25.9 Å². The van der Waals surface area contributed by atoms with Crippen molar-refractivity contribution >= 4 is 22.2 Å². The maximum atomic E-state index is 11.2. The quantitative estimate of drug-likeness (QED) is 0.761. The number of rotatable bonds is 6. The van der Waals surface area contributed by atoms with Gasteiger partial charge in [0.15, 0.2) is 6.29 Å². The zero-order chi connectivity index (χ0) is 14.5. The monoisotopic (exact) mass is 335 g/mol. The second kappa shape index (κ2) is 6.81. The number of hydrogen-bond acceptors (Lipinski definition) is 3. The van der Waals surface area contributed by atoms with Crippen molar-refractivity contribution in [2.45, 2.75) is 13.0 Å².